The van der Waals surface area contributed by atoms with E-state index in [9.17, 15) is 10.1 Å². The molecule has 0 unspecified atom stereocenters. The van der Waals surface area contributed by atoms with Crippen LogP contribution in [0.1, 0.15) is 5.56 Å². The van der Waals surface area contributed by atoms with Gasteiger partial charge >= 0.3 is 0 Å². The summed E-state index contributed by atoms with van der Waals surface area (Å²) in [5.41, 5.74) is 0.883. The first-order chi connectivity index (χ1) is 7.68. The first-order valence-corrected chi connectivity index (χ1v) is 5.72. The van der Waals surface area contributed by atoms with Crippen LogP contribution < -0.4 is 5.32 Å². The Hall–Kier alpha value is -0.980. The predicted octanol–water partition coefficient (Wildman–Crippen LogP) is 1.85. The molecule has 86 valence electrons. The Morgan fingerprint density at radius 2 is 2.31 bits per heavy atom. The molecule has 2 rings (SSSR count). The van der Waals surface area contributed by atoms with Crippen LogP contribution in [0.3, 0.4) is 0 Å². The summed E-state index contributed by atoms with van der Waals surface area (Å²) < 4.78 is 6.07. The Labute approximate surface area is 101 Å². The van der Waals surface area contributed by atoms with Gasteiger partial charge in [-0.15, -0.1) is 0 Å². The SMILES string of the molecule is O=[N+]([O-])c1cccc(COC2CNC2)c1Br. The Morgan fingerprint density at radius 3 is 2.88 bits per heavy atom. The third-order valence-corrected chi connectivity index (χ3v) is 3.39. The lowest BCUT2D eigenvalue weighted by molar-refractivity contribution is -0.385. The summed E-state index contributed by atoms with van der Waals surface area (Å²) in [7, 11) is 0. The molecule has 0 spiro atoms. The maximum Gasteiger partial charge on any atom is 0.283 e. The summed E-state index contributed by atoms with van der Waals surface area (Å²) in [5, 5.41) is 13.8. The molecule has 16 heavy (non-hydrogen) atoms. The highest BCUT2D eigenvalue weighted by molar-refractivity contribution is 9.10. The highest BCUT2D eigenvalue weighted by Crippen LogP contribution is 2.28. The van der Waals surface area contributed by atoms with Crippen LogP contribution in [0.15, 0.2) is 22.7 Å². The minimum absolute atomic E-state index is 0.0767. The fourth-order valence-corrected chi connectivity index (χ4v) is 1.93. The van der Waals surface area contributed by atoms with E-state index in [4.69, 9.17) is 4.74 Å². The molecule has 0 saturated carbocycles. The quantitative estimate of drug-likeness (QED) is 0.678. The number of ether oxygens (including phenoxy) is 1. The molecule has 0 amide bonds. The third-order valence-electron chi connectivity index (χ3n) is 2.47. The van der Waals surface area contributed by atoms with Gasteiger partial charge < -0.3 is 10.1 Å². The van der Waals surface area contributed by atoms with Crippen LogP contribution >= 0.6 is 15.9 Å². The van der Waals surface area contributed by atoms with Crippen LogP contribution in [0.25, 0.3) is 0 Å². The third kappa shape index (κ3) is 2.40. The average Bonchev–Trinajstić information content (AvgIpc) is 2.17. The summed E-state index contributed by atoms with van der Waals surface area (Å²) in [6, 6.07) is 4.96. The molecule has 5 nitrogen and oxygen atoms in total. The minimum Gasteiger partial charge on any atom is -0.371 e. The fraction of sp³-hybridized carbons (Fsp3) is 0.400. The van der Waals surface area contributed by atoms with E-state index in [1.807, 2.05) is 6.07 Å². The second-order valence-corrected chi connectivity index (χ2v) is 4.39. The van der Waals surface area contributed by atoms with Gasteiger partial charge in [0.15, 0.2) is 0 Å². The van der Waals surface area contributed by atoms with Crippen molar-refractivity contribution in [2.24, 2.45) is 0 Å². The number of halogens is 1. The first-order valence-electron chi connectivity index (χ1n) is 4.92. The summed E-state index contributed by atoms with van der Waals surface area (Å²) in [4.78, 5) is 10.3. The average molecular weight is 287 g/mol. The number of nitrogens with zero attached hydrogens (tertiary/aromatic N) is 1. The Kier molecular flexibility index (Phi) is 3.52. The zero-order chi connectivity index (χ0) is 11.5. The molecule has 0 aliphatic carbocycles. The van der Waals surface area contributed by atoms with Gasteiger partial charge in [-0.3, -0.25) is 10.1 Å². The number of benzene rings is 1. The monoisotopic (exact) mass is 286 g/mol. The number of nitrogens with one attached hydrogen (secondary N) is 1. The molecule has 1 saturated heterocycles. The van der Waals surface area contributed by atoms with Gasteiger partial charge in [-0.05, 0) is 21.5 Å². The van der Waals surface area contributed by atoms with Crippen molar-refractivity contribution in [2.45, 2.75) is 12.7 Å². The zero-order valence-corrected chi connectivity index (χ0v) is 10.1. The number of nitro groups is 1. The fourth-order valence-electron chi connectivity index (χ4n) is 1.41. The van der Waals surface area contributed by atoms with E-state index in [1.54, 1.807) is 6.07 Å². The van der Waals surface area contributed by atoms with Crippen LogP contribution in [0.2, 0.25) is 0 Å². The van der Waals surface area contributed by atoms with Crippen molar-refractivity contribution in [3.63, 3.8) is 0 Å². The molecule has 0 radical (unpaired) electrons. The maximum absolute atomic E-state index is 10.7. The van der Waals surface area contributed by atoms with Gasteiger partial charge in [-0.25, -0.2) is 0 Å². The van der Waals surface area contributed by atoms with Crippen molar-refractivity contribution in [2.75, 3.05) is 13.1 Å². The molecular weight excluding hydrogens is 276 g/mol. The van der Waals surface area contributed by atoms with E-state index in [-0.39, 0.29) is 11.8 Å². The van der Waals surface area contributed by atoms with Crippen molar-refractivity contribution >= 4 is 21.6 Å². The van der Waals surface area contributed by atoms with Crippen LogP contribution in [0, 0.1) is 10.1 Å². The van der Waals surface area contributed by atoms with E-state index in [1.165, 1.54) is 6.07 Å². The van der Waals surface area contributed by atoms with E-state index in [0.29, 0.717) is 11.1 Å². The van der Waals surface area contributed by atoms with Crippen molar-refractivity contribution in [3.8, 4) is 0 Å². The van der Waals surface area contributed by atoms with Crippen LogP contribution in [0.4, 0.5) is 5.69 Å². The number of hydrogen-bond donors (Lipinski definition) is 1. The van der Waals surface area contributed by atoms with Crippen LogP contribution in [0.5, 0.6) is 0 Å². The van der Waals surface area contributed by atoms with Gasteiger partial charge in [0.25, 0.3) is 5.69 Å². The van der Waals surface area contributed by atoms with E-state index >= 15 is 0 Å². The number of nitro benzene ring substituents is 1. The topological polar surface area (TPSA) is 64.4 Å². The van der Waals surface area contributed by atoms with Crippen LogP contribution in [-0.2, 0) is 11.3 Å². The summed E-state index contributed by atoms with van der Waals surface area (Å²) in [6.07, 6.45) is 0.228. The van der Waals surface area contributed by atoms with Gasteiger partial charge in [0, 0.05) is 19.2 Å². The lowest BCUT2D eigenvalue weighted by atomic mass is 10.2. The molecule has 6 heteroatoms. The smallest absolute Gasteiger partial charge is 0.283 e. The molecule has 1 aromatic carbocycles. The molecule has 1 aliphatic rings. The van der Waals surface area contributed by atoms with Crippen molar-refractivity contribution < 1.29 is 9.66 Å². The standard InChI is InChI=1S/C10H11BrN2O3/c11-10-7(6-16-8-4-12-5-8)2-1-3-9(10)13(14)15/h1-3,8,12H,4-6H2. The van der Waals surface area contributed by atoms with E-state index < -0.39 is 4.92 Å². The van der Waals surface area contributed by atoms with Gasteiger partial charge in [0.05, 0.1) is 17.6 Å². The van der Waals surface area contributed by atoms with Crippen LogP contribution in [-0.4, -0.2) is 24.1 Å². The lowest BCUT2D eigenvalue weighted by Gasteiger charge is -2.27. The van der Waals surface area contributed by atoms with Gasteiger partial charge in [-0.1, -0.05) is 12.1 Å². The Morgan fingerprint density at radius 1 is 1.56 bits per heavy atom. The normalized spacial score (nSPS) is 15.8. The van der Waals surface area contributed by atoms with E-state index in [0.717, 1.165) is 18.7 Å². The summed E-state index contributed by atoms with van der Waals surface area (Å²) >= 11 is 3.23. The molecular formula is C10H11BrN2O3. The van der Waals surface area contributed by atoms with Crippen molar-refractivity contribution in [1.29, 1.82) is 0 Å². The number of hydrogen-bond acceptors (Lipinski definition) is 4. The highest BCUT2D eigenvalue weighted by Gasteiger charge is 2.19. The van der Waals surface area contributed by atoms with Gasteiger partial charge in [0.2, 0.25) is 0 Å². The maximum atomic E-state index is 10.7. The highest BCUT2D eigenvalue weighted by atomic mass is 79.9. The Bertz CT molecular complexity index is 407. The first kappa shape index (κ1) is 11.5. The second kappa shape index (κ2) is 4.90. The molecule has 1 aliphatic heterocycles. The molecule has 1 N–H and O–H groups in total. The summed E-state index contributed by atoms with van der Waals surface area (Å²) in [6.45, 7) is 2.10. The summed E-state index contributed by atoms with van der Waals surface area (Å²) in [5.74, 6) is 0. The molecule has 0 bridgehead atoms. The van der Waals surface area contributed by atoms with E-state index in [2.05, 4.69) is 21.2 Å². The zero-order valence-electron chi connectivity index (χ0n) is 8.48. The number of rotatable bonds is 4. The predicted molar refractivity (Wildman–Crippen MR) is 62.2 cm³/mol. The van der Waals surface area contributed by atoms with Gasteiger partial charge in [0.1, 0.15) is 4.47 Å². The molecule has 1 fully saturated rings. The second-order valence-electron chi connectivity index (χ2n) is 3.60. The van der Waals surface area contributed by atoms with Crippen molar-refractivity contribution in [3.05, 3.63) is 38.3 Å². The molecule has 0 aromatic heterocycles. The van der Waals surface area contributed by atoms with Crippen molar-refractivity contribution in [1.82, 2.24) is 5.32 Å². The molecule has 1 aromatic rings. The lowest BCUT2D eigenvalue weighted by Crippen LogP contribution is -2.48. The molecule has 0 atom stereocenters. The minimum atomic E-state index is -0.404. The molecule has 1 heterocycles. The Balaban J connectivity index is 2.07. The van der Waals surface area contributed by atoms with Gasteiger partial charge in [-0.2, -0.15) is 0 Å². The largest absolute Gasteiger partial charge is 0.371 e.